The number of rotatable bonds is 0. The maximum atomic E-state index is 11.2. The van der Waals surface area contributed by atoms with E-state index < -0.39 is 13.8 Å². The molecule has 0 aromatic heterocycles. The molecule has 0 saturated heterocycles. The van der Waals surface area contributed by atoms with Gasteiger partial charge in [-0.25, -0.2) is 0 Å². The molecule has 2 heterocycles. The van der Waals surface area contributed by atoms with Crippen LogP contribution in [0.25, 0.3) is 0 Å². The molecule has 2 aliphatic heterocycles. The van der Waals surface area contributed by atoms with Gasteiger partial charge in [0.15, 0.2) is 0 Å². The van der Waals surface area contributed by atoms with E-state index in [9.17, 15) is 7.84 Å². The number of fused-ring (bicyclic) bond motifs is 2. The van der Waals surface area contributed by atoms with Gasteiger partial charge in [0.25, 0.3) is 0 Å². The van der Waals surface area contributed by atoms with Gasteiger partial charge in [-0.15, -0.1) is 0 Å². The Labute approximate surface area is 55.2 Å². The van der Waals surface area contributed by atoms with Gasteiger partial charge in [-0.2, -0.15) is 0 Å². The van der Waals surface area contributed by atoms with Crippen LogP contribution in [0.5, 0.6) is 0 Å². The first-order chi connectivity index (χ1) is 4.21. The van der Waals surface area contributed by atoms with E-state index in [0.717, 1.165) is 0 Å². The fourth-order valence-corrected chi connectivity index (χ4v) is 3.95. The molecule has 2 aliphatic rings. The van der Waals surface area contributed by atoms with Crippen LogP contribution in [0.1, 0.15) is 0 Å². The van der Waals surface area contributed by atoms with Gasteiger partial charge in [-0.05, 0) is 0 Å². The van der Waals surface area contributed by atoms with Gasteiger partial charge in [0.2, 0.25) is 0 Å². The molecule has 1 N–H and O–H groups in total. The van der Waals surface area contributed by atoms with E-state index in [2.05, 4.69) is 0 Å². The normalized spacial score (nSPS) is 26.3. The summed E-state index contributed by atoms with van der Waals surface area (Å²) in [5, 5.41) is 0. The summed E-state index contributed by atoms with van der Waals surface area (Å²) in [4.78, 5) is 0. The van der Waals surface area contributed by atoms with Gasteiger partial charge < -0.3 is 0 Å². The van der Waals surface area contributed by atoms with Crippen LogP contribution >= 0.6 is 0 Å². The predicted molar refractivity (Wildman–Crippen MR) is 34.0 cm³/mol. The van der Waals surface area contributed by atoms with Crippen molar-refractivity contribution in [3.8, 4) is 0 Å². The molecule has 46 valence electrons. The Kier molecular flexibility index (Phi) is 0.791. The van der Waals surface area contributed by atoms with E-state index in [4.69, 9.17) is 0 Å². The van der Waals surface area contributed by atoms with Crippen LogP contribution in [0.2, 0.25) is 0 Å². The molecular formula is C6H5AsO2. The predicted octanol–water partition coefficient (Wildman–Crippen LogP) is 0.366. The molecule has 0 saturated carbocycles. The molecule has 2 nitrogen and oxygen atoms in total. The van der Waals surface area contributed by atoms with Gasteiger partial charge in [-0.1, -0.05) is 0 Å². The third-order valence-corrected chi connectivity index (χ3v) is 5.74. The topological polar surface area (TPSA) is 37.3 Å². The van der Waals surface area contributed by atoms with E-state index in [1.165, 1.54) is 0 Å². The molecule has 0 amide bonds. The number of hydrogen-bond acceptors (Lipinski definition) is 1. The summed E-state index contributed by atoms with van der Waals surface area (Å²) in [7, 11) is 0. The van der Waals surface area contributed by atoms with Gasteiger partial charge in [0.1, 0.15) is 0 Å². The average Bonchev–Trinajstić information content (AvgIpc) is 2.24. The summed E-state index contributed by atoms with van der Waals surface area (Å²) in [5.74, 6) is 0. The summed E-state index contributed by atoms with van der Waals surface area (Å²) in [5.41, 5.74) is 0. The Morgan fingerprint density at radius 3 is 1.78 bits per heavy atom. The maximum absolute atomic E-state index is 11.2. The second-order valence-corrected chi connectivity index (χ2v) is 6.68. The van der Waals surface area contributed by atoms with Gasteiger partial charge in [0, 0.05) is 0 Å². The fraction of sp³-hybridized carbons (Fsp3) is 0. The van der Waals surface area contributed by atoms with Crippen LogP contribution in [-0.2, 0) is 3.74 Å². The van der Waals surface area contributed by atoms with Crippen molar-refractivity contribution in [3.63, 3.8) is 0 Å². The number of hydrogen-bond donors (Lipinski definition) is 1. The Morgan fingerprint density at radius 1 is 1.22 bits per heavy atom. The van der Waals surface area contributed by atoms with Gasteiger partial charge in [-0.3, -0.25) is 0 Å². The van der Waals surface area contributed by atoms with Crippen molar-refractivity contribution in [3.05, 3.63) is 33.0 Å². The SMILES string of the molecule is O=[As]1(O)C2=CC=C1C=C2. The molecule has 0 aromatic rings. The zero-order valence-electron chi connectivity index (χ0n) is 4.61. The molecule has 0 spiro atoms. The Hall–Kier alpha value is -0.462. The molecular weight excluding hydrogens is 179 g/mol. The van der Waals surface area contributed by atoms with E-state index >= 15 is 0 Å². The van der Waals surface area contributed by atoms with E-state index in [-0.39, 0.29) is 0 Å². The first-order valence-electron chi connectivity index (χ1n) is 2.65. The standard InChI is InChI=1S/C6H5AsO2/c8-7(9)5-1-2-6(7)4-3-5/h1-4H,(H,8,9). The average molecular weight is 184 g/mol. The van der Waals surface area contributed by atoms with Crippen molar-refractivity contribution in [2.75, 3.05) is 0 Å². The minimum atomic E-state index is -3.60. The van der Waals surface area contributed by atoms with Crippen molar-refractivity contribution < 1.29 is 7.84 Å². The Balaban J connectivity index is 2.75. The Bertz CT molecular complexity index is 270. The second-order valence-electron chi connectivity index (χ2n) is 2.09. The van der Waals surface area contributed by atoms with Crippen LogP contribution in [0.4, 0.5) is 0 Å². The molecule has 0 fully saturated rings. The third kappa shape index (κ3) is 0.498. The molecule has 0 atom stereocenters. The first-order valence-corrected chi connectivity index (χ1v) is 6.13. The van der Waals surface area contributed by atoms with Crippen LogP contribution in [0.3, 0.4) is 0 Å². The van der Waals surface area contributed by atoms with Crippen molar-refractivity contribution >= 4 is 13.8 Å². The van der Waals surface area contributed by atoms with Crippen LogP contribution in [-0.4, -0.2) is 17.9 Å². The zero-order chi connectivity index (χ0) is 6.48. The second kappa shape index (κ2) is 1.33. The first kappa shape index (κ1) is 5.33. The molecule has 0 unspecified atom stereocenters. The Morgan fingerprint density at radius 2 is 1.67 bits per heavy atom. The number of allylic oxidation sites excluding steroid dienone is 6. The molecule has 9 heavy (non-hydrogen) atoms. The van der Waals surface area contributed by atoms with Crippen LogP contribution in [0.15, 0.2) is 33.0 Å². The van der Waals surface area contributed by atoms with Gasteiger partial charge >= 0.3 is 54.7 Å². The van der Waals surface area contributed by atoms with Crippen molar-refractivity contribution in [1.29, 1.82) is 0 Å². The van der Waals surface area contributed by atoms with Crippen molar-refractivity contribution in [2.24, 2.45) is 0 Å². The molecule has 2 rings (SSSR count). The quantitative estimate of drug-likeness (QED) is 0.552. The van der Waals surface area contributed by atoms with Crippen LogP contribution < -0.4 is 0 Å². The van der Waals surface area contributed by atoms with E-state index in [1.54, 1.807) is 24.3 Å². The molecule has 0 aliphatic carbocycles. The summed E-state index contributed by atoms with van der Waals surface area (Å²) in [6.45, 7) is 0. The van der Waals surface area contributed by atoms with Gasteiger partial charge in [0.05, 0.1) is 0 Å². The van der Waals surface area contributed by atoms with E-state index in [0.29, 0.717) is 8.72 Å². The third-order valence-electron chi connectivity index (χ3n) is 1.55. The fourth-order valence-electron chi connectivity index (χ4n) is 1.01. The van der Waals surface area contributed by atoms with Crippen molar-refractivity contribution in [2.45, 2.75) is 0 Å². The minimum absolute atomic E-state index is 0.628. The summed E-state index contributed by atoms with van der Waals surface area (Å²) in [6.07, 6.45) is 6.87. The molecule has 3 heteroatoms. The van der Waals surface area contributed by atoms with Crippen LogP contribution in [0, 0.1) is 0 Å². The summed E-state index contributed by atoms with van der Waals surface area (Å²) >= 11 is -3.60. The molecule has 0 radical (unpaired) electrons. The monoisotopic (exact) mass is 184 g/mol. The summed E-state index contributed by atoms with van der Waals surface area (Å²) in [6, 6.07) is 0. The van der Waals surface area contributed by atoms with E-state index in [1.807, 2.05) is 0 Å². The summed E-state index contributed by atoms with van der Waals surface area (Å²) < 4.78 is 21.6. The van der Waals surface area contributed by atoms with Crippen molar-refractivity contribution in [1.82, 2.24) is 0 Å². The molecule has 2 bridgehead atoms. The molecule has 0 aromatic carbocycles. The zero-order valence-corrected chi connectivity index (χ0v) is 6.49.